The van der Waals surface area contributed by atoms with Crippen LogP contribution < -0.4 is 4.90 Å². The Morgan fingerprint density at radius 3 is 2.84 bits per heavy atom. The van der Waals surface area contributed by atoms with E-state index in [1.807, 2.05) is 7.05 Å². The molecule has 1 N–H and O–H groups in total. The molecule has 19 heavy (non-hydrogen) atoms. The molecule has 1 atom stereocenters. The quantitative estimate of drug-likeness (QED) is 0.898. The zero-order valence-electron chi connectivity index (χ0n) is 11.8. The number of anilines is 1. The molecule has 0 saturated carbocycles. The number of likely N-dealkylation sites (tertiary alicyclic amines) is 1. The van der Waals surface area contributed by atoms with Crippen LogP contribution in [0.5, 0.6) is 0 Å². The van der Waals surface area contributed by atoms with Crippen molar-refractivity contribution in [3.8, 4) is 0 Å². The Labute approximate surface area is 113 Å². The van der Waals surface area contributed by atoms with E-state index in [1.165, 1.54) is 6.42 Å². The highest BCUT2D eigenvalue weighted by Gasteiger charge is 2.22. The van der Waals surface area contributed by atoms with E-state index < -0.39 is 5.97 Å². The predicted molar refractivity (Wildman–Crippen MR) is 74.9 cm³/mol. The number of hydrogen-bond acceptors (Lipinski definition) is 4. The number of carboxylic acid groups (broad SMARTS) is 1. The highest BCUT2D eigenvalue weighted by Crippen LogP contribution is 2.20. The van der Waals surface area contributed by atoms with Crippen LogP contribution in [0.1, 0.15) is 28.9 Å². The molecule has 1 fully saturated rings. The highest BCUT2D eigenvalue weighted by atomic mass is 16.4. The van der Waals surface area contributed by atoms with Crippen LogP contribution in [-0.2, 0) is 0 Å². The number of likely N-dealkylation sites (N-methyl/N-ethyl adjacent to an activating group) is 2. The molecular weight excluding hydrogens is 242 g/mol. The number of aromatic nitrogens is 1. The number of nitrogens with zero attached hydrogens (tertiary/aromatic N) is 3. The molecule has 0 aliphatic carbocycles. The van der Waals surface area contributed by atoms with Gasteiger partial charge in [0.15, 0.2) is 0 Å². The molecule has 0 amide bonds. The summed E-state index contributed by atoms with van der Waals surface area (Å²) < 4.78 is 0. The van der Waals surface area contributed by atoms with E-state index in [-0.39, 0.29) is 5.56 Å². The Kier molecular flexibility index (Phi) is 4.04. The summed E-state index contributed by atoms with van der Waals surface area (Å²) >= 11 is 0. The van der Waals surface area contributed by atoms with Crippen molar-refractivity contribution in [3.63, 3.8) is 0 Å². The molecule has 2 heterocycles. The van der Waals surface area contributed by atoms with Crippen LogP contribution in [0, 0.1) is 6.92 Å². The summed E-state index contributed by atoms with van der Waals surface area (Å²) in [6.07, 6.45) is 2.35. The molecule has 1 aromatic heterocycles. The minimum Gasteiger partial charge on any atom is -0.478 e. The average molecular weight is 263 g/mol. The van der Waals surface area contributed by atoms with Crippen molar-refractivity contribution in [2.45, 2.75) is 25.8 Å². The van der Waals surface area contributed by atoms with Gasteiger partial charge in [-0.25, -0.2) is 9.78 Å². The van der Waals surface area contributed by atoms with Gasteiger partial charge in [-0.1, -0.05) is 0 Å². The van der Waals surface area contributed by atoms with Gasteiger partial charge in [-0.15, -0.1) is 0 Å². The van der Waals surface area contributed by atoms with Gasteiger partial charge in [-0.2, -0.15) is 0 Å². The lowest BCUT2D eigenvalue weighted by molar-refractivity contribution is 0.0695. The van der Waals surface area contributed by atoms with E-state index in [0.717, 1.165) is 25.3 Å². The topological polar surface area (TPSA) is 56.7 Å². The predicted octanol–water partition coefficient (Wildman–Crippen LogP) is 1.62. The van der Waals surface area contributed by atoms with Gasteiger partial charge in [0.2, 0.25) is 0 Å². The van der Waals surface area contributed by atoms with Crippen molar-refractivity contribution in [2.75, 3.05) is 32.1 Å². The molecule has 104 valence electrons. The Morgan fingerprint density at radius 2 is 2.26 bits per heavy atom. The van der Waals surface area contributed by atoms with E-state index in [2.05, 4.69) is 21.8 Å². The van der Waals surface area contributed by atoms with E-state index in [1.54, 1.807) is 19.1 Å². The number of carboxylic acids is 1. The van der Waals surface area contributed by atoms with Gasteiger partial charge < -0.3 is 14.9 Å². The lowest BCUT2D eigenvalue weighted by atomic mass is 10.0. The molecule has 1 unspecified atom stereocenters. The summed E-state index contributed by atoms with van der Waals surface area (Å²) in [5.74, 6) is -0.0700. The van der Waals surface area contributed by atoms with E-state index in [4.69, 9.17) is 5.11 Å². The van der Waals surface area contributed by atoms with Gasteiger partial charge in [-0.05, 0) is 45.5 Å². The summed E-state index contributed by atoms with van der Waals surface area (Å²) in [6, 6.07) is 3.88. The fourth-order valence-electron chi connectivity index (χ4n) is 2.61. The summed E-state index contributed by atoms with van der Waals surface area (Å²) in [7, 11) is 4.16. The van der Waals surface area contributed by atoms with Gasteiger partial charge in [0, 0.05) is 19.6 Å². The van der Waals surface area contributed by atoms with Crippen LogP contribution in [0.15, 0.2) is 12.1 Å². The number of aromatic carboxylic acids is 1. The zero-order chi connectivity index (χ0) is 14.0. The number of carbonyl (C=O) groups is 1. The van der Waals surface area contributed by atoms with Crippen LogP contribution in [0.2, 0.25) is 0 Å². The second-order valence-electron chi connectivity index (χ2n) is 5.28. The number of rotatable bonds is 3. The Bertz CT molecular complexity index is 476. The van der Waals surface area contributed by atoms with Crippen molar-refractivity contribution in [1.82, 2.24) is 9.88 Å². The molecule has 1 aliphatic rings. The summed E-state index contributed by atoms with van der Waals surface area (Å²) in [6.45, 7) is 3.92. The molecule has 0 radical (unpaired) electrons. The largest absolute Gasteiger partial charge is 0.478 e. The summed E-state index contributed by atoms with van der Waals surface area (Å²) in [5, 5.41) is 9.02. The SMILES string of the molecule is Cc1nc(N(C)C2CCCN(C)C2)ccc1C(=O)O. The highest BCUT2D eigenvalue weighted by molar-refractivity contribution is 5.89. The molecule has 1 saturated heterocycles. The third kappa shape index (κ3) is 3.04. The van der Waals surface area contributed by atoms with Crippen molar-refractivity contribution in [1.29, 1.82) is 0 Å². The number of piperidine rings is 1. The van der Waals surface area contributed by atoms with Crippen LogP contribution in [0.4, 0.5) is 5.82 Å². The van der Waals surface area contributed by atoms with Crippen molar-refractivity contribution in [2.24, 2.45) is 0 Å². The maximum atomic E-state index is 11.0. The average Bonchev–Trinajstić information content (AvgIpc) is 2.37. The first-order chi connectivity index (χ1) is 8.99. The fraction of sp³-hybridized carbons (Fsp3) is 0.571. The molecule has 5 heteroatoms. The van der Waals surface area contributed by atoms with Gasteiger partial charge in [0.1, 0.15) is 5.82 Å². The Morgan fingerprint density at radius 1 is 1.53 bits per heavy atom. The number of aryl methyl sites for hydroxylation is 1. The van der Waals surface area contributed by atoms with Crippen LogP contribution in [0.25, 0.3) is 0 Å². The van der Waals surface area contributed by atoms with Crippen LogP contribution in [-0.4, -0.2) is 54.2 Å². The third-order valence-corrected chi connectivity index (χ3v) is 3.81. The first kappa shape index (κ1) is 13.8. The van der Waals surface area contributed by atoms with Gasteiger partial charge >= 0.3 is 5.97 Å². The monoisotopic (exact) mass is 263 g/mol. The second-order valence-corrected chi connectivity index (χ2v) is 5.28. The fourth-order valence-corrected chi connectivity index (χ4v) is 2.61. The van der Waals surface area contributed by atoms with Gasteiger partial charge in [0.05, 0.1) is 11.3 Å². The second kappa shape index (κ2) is 5.57. The Hall–Kier alpha value is -1.62. The van der Waals surface area contributed by atoms with Crippen LogP contribution >= 0.6 is 0 Å². The summed E-state index contributed by atoms with van der Waals surface area (Å²) in [5.41, 5.74) is 0.846. The maximum Gasteiger partial charge on any atom is 0.337 e. The molecule has 0 bridgehead atoms. The molecule has 1 aromatic rings. The first-order valence-electron chi connectivity index (χ1n) is 6.61. The lowest BCUT2D eigenvalue weighted by Crippen LogP contribution is -2.45. The van der Waals surface area contributed by atoms with E-state index in [0.29, 0.717) is 11.7 Å². The van der Waals surface area contributed by atoms with E-state index >= 15 is 0 Å². The van der Waals surface area contributed by atoms with Crippen molar-refractivity contribution < 1.29 is 9.90 Å². The van der Waals surface area contributed by atoms with Crippen molar-refractivity contribution >= 4 is 11.8 Å². The summed E-state index contributed by atoms with van der Waals surface area (Å²) in [4.78, 5) is 19.9. The number of hydrogen-bond donors (Lipinski definition) is 1. The zero-order valence-corrected chi connectivity index (χ0v) is 11.8. The van der Waals surface area contributed by atoms with E-state index in [9.17, 15) is 4.79 Å². The standard InChI is InChI=1S/C14H21N3O2/c1-10-12(14(18)19)6-7-13(15-10)17(3)11-5-4-8-16(2)9-11/h6-7,11H,4-5,8-9H2,1-3H3,(H,18,19). The molecule has 0 aromatic carbocycles. The van der Waals surface area contributed by atoms with Crippen molar-refractivity contribution in [3.05, 3.63) is 23.4 Å². The number of pyridine rings is 1. The lowest BCUT2D eigenvalue weighted by Gasteiger charge is -2.36. The normalized spacial score (nSPS) is 20.3. The minimum atomic E-state index is -0.920. The minimum absolute atomic E-state index is 0.276. The molecule has 1 aliphatic heterocycles. The smallest absolute Gasteiger partial charge is 0.337 e. The van der Waals surface area contributed by atoms with Gasteiger partial charge in [-0.3, -0.25) is 0 Å². The molecule has 0 spiro atoms. The third-order valence-electron chi connectivity index (χ3n) is 3.81. The molecule has 5 nitrogen and oxygen atoms in total. The molecule has 2 rings (SSSR count). The molecular formula is C14H21N3O2. The van der Waals surface area contributed by atoms with Gasteiger partial charge in [0.25, 0.3) is 0 Å². The van der Waals surface area contributed by atoms with Crippen LogP contribution in [0.3, 0.4) is 0 Å². The first-order valence-corrected chi connectivity index (χ1v) is 6.61. The Balaban J connectivity index is 2.17. The maximum absolute atomic E-state index is 11.0.